The molecule has 0 saturated heterocycles. The van der Waals surface area contributed by atoms with E-state index >= 15 is 0 Å². The number of nitrogens with zero attached hydrogens (tertiary/aromatic N) is 2. The summed E-state index contributed by atoms with van der Waals surface area (Å²) in [7, 11) is 1.61. The topological polar surface area (TPSA) is 59.1 Å². The summed E-state index contributed by atoms with van der Waals surface area (Å²) in [6, 6.07) is 10.8. The smallest absolute Gasteiger partial charge is 0.410 e. The second-order valence-electron chi connectivity index (χ2n) is 8.86. The van der Waals surface area contributed by atoms with E-state index in [1.807, 2.05) is 51.1 Å². The zero-order chi connectivity index (χ0) is 25.0. The normalized spacial score (nSPS) is 13.9. The minimum absolute atomic E-state index is 0.207. The van der Waals surface area contributed by atoms with Crippen LogP contribution >= 0.6 is 45.8 Å². The highest BCUT2D eigenvalue weighted by Crippen LogP contribution is 2.30. The van der Waals surface area contributed by atoms with Crippen LogP contribution in [-0.4, -0.2) is 47.6 Å². The van der Waals surface area contributed by atoms with Crippen LogP contribution in [0.3, 0.4) is 0 Å². The molecule has 2 amide bonds. The summed E-state index contributed by atoms with van der Waals surface area (Å²) in [4.78, 5) is 29.6. The number of halogens is 3. The van der Waals surface area contributed by atoms with Gasteiger partial charge in [-0.3, -0.25) is 4.79 Å². The average Bonchev–Trinajstić information content (AvgIpc) is 2.79. The van der Waals surface area contributed by atoms with Crippen molar-refractivity contribution in [3.63, 3.8) is 0 Å². The van der Waals surface area contributed by atoms with E-state index in [4.69, 9.17) is 32.7 Å². The summed E-state index contributed by atoms with van der Waals surface area (Å²) in [6.45, 7) is 6.65. The Morgan fingerprint density at radius 2 is 1.82 bits per heavy atom. The molecule has 1 aliphatic heterocycles. The lowest BCUT2D eigenvalue weighted by molar-refractivity contribution is 0.0259. The minimum Gasteiger partial charge on any atom is -0.497 e. The van der Waals surface area contributed by atoms with Gasteiger partial charge < -0.3 is 19.3 Å². The molecular weight excluding hydrogens is 590 g/mol. The highest BCUT2D eigenvalue weighted by atomic mass is 127. The number of carbonyl (C=O) groups is 2. The Labute approximate surface area is 223 Å². The zero-order valence-corrected chi connectivity index (χ0v) is 23.2. The maximum Gasteiger partial charge on any atom is 0.410 e. The Morgan fingerprint density at radius 1 is 1.15 bits per heavy atom. The lowest BCUT2D eigenvalue weighted by Gasteiger charge is -2.33. The third-order valence-electron chi connectivity index (χ3n) is 5.15. The van der Waals surface area contributed by atoms with Crippen LogP contribution in [0.5, 0.6) is 5.75 Å². The lowest BCUT2D eigenvalue weighted by atomic mass is 10.1. The summed E-state index contributed by atoms with van der Waals surface area (Å²) in [5, 5.41) is 0.821. The third kappa shape index (κ3) is 6.79. The van der Waals surface area contributed by atoms with Gasteiger partial charge in [0, 0.05) is 33.8 Å². The Bertz CT molecular complexity index is 1100. The molecule has 0 bridgehead atoms. The number of hydrogen-bond acceptors (Lipinski definition) is 4. The molecule has 0 radical (unpaired) electrons. The second kappa shape index (κ2) is 11.2. The molecule has 3 rings (SSSR count). The Kier molecular flexibility index (Phi) is 8.76. The van der Waals surface area contributed by atoms with Crippen LogP contribution in [0.1, 0.15) is 43.1 Å². The highest BCUT2D eigenvalue weighted by molar-refractivity contribution is 14.1. The van der Waals surface area contributed by atoms with E-state index in [0.717, 1.165) is 17.0 Å². The van der Waals surface area contributed by atoms with Gasteiger partial charge in [-0.1, -0.05) is 35.3 Å². The van der Waals surface area contributed by atoms with Crippen LogP contribution in [0.2, 0.25) is 10.0 Å². The van der Waals surface area contributed by atoms with Crippen molar-refractivity contribution in [3.8, 4) is 5.75 Å². The third-order valence-corrected chi connectivity index (χ3v) is 7.15. The monoisotopic (exact) mass is 616 g/mol. The Morgan fingerprint density at radius 3 is 2.38 bits per heavy atom. The van der Waals surface area contributed by atoms with Crippen LogP contribution in [0.25, 0.3) is 0 Å². The number of methoxy groups -OCH3 is 1. The molecule has 0 aliphatic carbocycles. The fourth-order valence-corrected chi connectivity index (χ4v) is 4.51. The molecular formula is C25H27Cl2IN2O4. The maximum absolute atomic E-state index is 13.7. The van der Waals surface area contributed by atoms with Crippen molar-refractivity contribution in [2.45, 2.75) is 39.3 Å². The van der Waals surface area contributed by atoms with Gasteiger partial charge in [0.15, 0.2) is 0 Å². The molecule has 0 N–H and O–H groups in total. The van der Waals surface area contributed by atoms with Gasteiger partial charge >= 0.3 is 6.09 Å². The molecule has 0 saturated carbocycles. The van der Waals surface area contributed by atoms with E-state index in [2.05, 4.69) is 22.6 Å². The summed E-state index contributed by atoms with van der Waals surface area (Å²) in [5.74, 6) is 0.532. The highest BCUT2D eigenvalue weighted by Gasteiger charge is 2.28. The van der Waals surface area contributed by atoms with Gasteiger partial charge in [0.1, 0.15) is 11.4 Å². The van der Waals surface area contributed by atoms with Crippen molar-refractivity contribution in [1.82, 2.24) is 9.80 Å². The van der Waals surface area contributed by atoms with Gasteiger partial charge in [-0.15, -0.1) is 0 Å². The second-order valence-corrected chi connectivity index (χ2v) is 10.8. The first-order chi connectivity index (χ1) is 16.0. The fourth-order valence-electron chi connectivity index (χ4n) is 3.47. The number of rotatable bonds is 5. The molecule has 0 atom stereocenters. The maximum atomic E-state index is 13.7. The number of hydrogen-bond donors (Lipinski definition) is 0. The standard InChI is InChI=1S/C25H27Cl2IN2O4/c1-25(2,3)34-24(32)29-11-9-18(10-12-29)30(15-16-5-7-19(33-4)8-6-16)23(31)20-13-17(26)14-21(27)22(20)28/h5-9,13-14H,10-12,15H2,1-4H3. The number of amides is 2. The van der Waals surface area contributed by atoms with Gasteiger partial charge in [0.25, 0.3) is 5.91 Å². The van der Waals surface area contributed by atoms with Crippen LogP contribution < -0.4 is 4.74 Å². The molecule has 0 aromatic heterocycles. The molecule has 0 fully saturated rings. The van der Waals surface area contributed by atoms with E-state index in [1.54, 1.807) is 29.0 Å². The number of benzene rings is 2. The zero-order valence-electron chi connectivity index (χ0n) is 19.5. The van der Waals surface area contributed by atoms with Crippen molar-refractivity contribution in [3.05, 3.63) is 72.9 Å². The van der Waals surface area contributed by atoms with Gasteiger partial charge in [0.05, 0.1) is 24.2 Å². The molecule has 0 unspecified atom stereocenters. The summed E-state index contributed by atoms with van der Waals surface area (Å²) in [6.07, 6.45) is 2.03. The fraction of sp³-hybridized carbons (Fsp3) is 0.360. The van der Waals surface area contributed by atoms with E-state index in [1.165, 1.54) is 0 Å². The summed E-state index contributed by atoms with van der Waals surface area (Å²) in [5.41, 5.74) is 1.63. The predicted octanol–water partition coefficient (Wildman–Crippen LogP) is 6.77. The Balaban J connectivity index is 1.91. The number of carbonyl (C=O) groups excluding carboxylic acids is 2. The molecule has 1 heterocycles. The molecule has 9 heteroatoms. The molecule has 2 aromatic carbocycles. The minimum atomic E-state index is -0.569. The molecule has 182 valence electrons. The Hall–Kier alpha value is -1.97. The van der Waals surface area contributed by atoms with Gasteiger partial charge in [-0.25, -0.2) is 4.79 Å². The van der Waals surface area contributed by atoms with Crippen LogP contribution in [0.15, 0.2) is 48.2 Å². The first-order valence-corrected chi connectivity index (χ1v) is 12.6. The lowest BCUT2D eigenvalue weighted by Crippen LogP contribution is -2.41. The van der Waals surface area contributed by atoms with E-state index in [9.17, 15) is 9.59 Å². The molecule has 0 spiro atoms. The van der Waals surface area contributed by atoms with Gasteiger partial charge in [-0.2, -0.15) is 0 Å². The molecule has 6 nitrogen and oxygen atoms in total. The summed E-state index contributed by atoms with van der Waals surface area (Å²) >= 11 is 14.6. The first kappa shape index (κ1) is 26.6. The molecule has 1 aliphatic rings. The van der Waals surface area contributed by atoms with Crippen molar-refractivity contribution in [2.75, 3.05) is 20.2 Å². The summed E-state index contributed by atoms with van der Waals surface area (Å²) < 4.78 is 11.4. The van der Waals surface area contributed by atoms with E-state index in [-0.39, 0.29) is 12.0 Å². The van der Waals surface area contributed by atoms with E-state index < -0.39 is 5.60 Å². The van der Waals surface area contributed by atoms with E-state index in [0.29, 0.717) is 45.2 Å². The van der Waals surface area contributed by atoms with Crippen molar-refractivity contribution < 1.29 is 19.1 Å². The SMILES string of the molecule is COc1ccc(CN(C(=O)c2cc(Cl)cc(Cl)c2I)C2=CCN(C(=O)OC(C)(C)C)CC2)cc1. The van der Waals surface area contributed by atoms with Gasteiger partial charge in [-0.05, 0) is 79.3 Å². The van der Waals surface area contributed by atoms with Crippen LogP contribution in [-0.2, 0) is 11.3 Å². The largest absolute Gasteiger partial charge is 0.497 e. The first-order valence-electron chi connectivity index (χ1n) is 10.7. The van der Waals surface area contributed by atoms with Crippen molar-refractivity contribution in [1.29, 1.82) is 0 Å². The van der Waals surface area contributed by atoms with Crippen LogP contribution in [0, 0.1) is 3.57 Å². The predicted molar refractivity (Wildman–Crippen MR) is 143 cm³/mol. The van der Waals surface area contributed by atoms with Crippen molar-refractivity contribution >= 4 is 57.8 Å². The quantitative estimate of drug-likeness (QED) is 0.275. The average molecular weight is 617 g/mol. The van der Waals surface area contributed by atoms with Gasteiger partial charge in [0.2, 0.25) is 0 Å². The molecule has 2 aromatic rings. The van der Waals surface area contributed by atoms with Crippen molar-refractivity contribution in [2.24, 2.45) is 0 Å². The number of ether oxygens (including phenoxy) is 2. The van der Waals surface area contributed by atoms with Crippen LogP contribution in [0.4, 0.5) is 4.79 Å². The molecule has 34 heavy (non-hydrogen) atoms.